The van der Waals surface area contributed by atoms with Gasteiger partial charge in [-0.05, 0) is 136 Å². The van der Waals surface area contributed by atoms with Crippen molar-refractivity contribution in [3.8, 4) is 5.75 Å². The lowest BCUT2D eigenvalue weighted by molar-refractivity contribution is -0.0185. The number of rotatable bonds is 5. The number of aryl methyl sites for hydroxylation is 1. The first kappa shape index (κ1) is 19.3. The molecule has 9 fully saturated rings. The average Bonchev–Trinajstić information content (AvgIpc) is 3.55. The van der Waals surface area contributed by atoms with Gasteiger partial charge in [0.1, 0.15) is 18.5 Å². The maximum Gasteiger partial charge on any atom is 0.126 e. The standard InChI is InChI=1S/C30H40O2/c1-18-2-3-26(29-10-19-4-20(11-29)6-21(5-19)12-29)27(28(18)32-17-25-16-31-25)30-13-22-7-23(14-30)9-24(8-22)15-30/h2-3,19-25H,4-17H2,1H3. The molecule has 1 aromatic rings. The molecule has 0 radical (unpaired) electrons. The van der Waals surface area contributed by atoms with Gasteiger partial charge in [-0.3, -0.25) is 0 Å². The van der Waals surface area contributed by atoms with E-state index in [4.69, 9.17) is 9.47 Å². The molecule has 0 N–H and O–H groups in total. The van der Waals surface area contributed by atoms with E-state index in [1.165, 1.54) is 88.4 Å². The largest absolute Gasteiger partial charge is 0.490 e. The van der Waals surface area contributed by atoms with Gasteiger partial charge in [0, 0.05) is 11.0 Å². The second-order valence-corrected chi connectivity index (χ2v) is 13.8. The molecule has 1 aromatic carbocycles. The number of ether oxygens (including phenoxy) is 2. The summed E-state index contributed by atoms with van der Waals surface area (Å²) in [6.45, 7) is 3.96. The molecule has 8 aliphatic carbocycles. The maximum atomic E-state index is 6.76. The molecule has 1 unspecified atom stereocenters. The van der Waals surface area contributed by atoms with Crippen LogP contribution in [-0.4, -0.2) is 19.3 Å². The lowest BCUT2D eigenvalue weighted by Crippen LogP contribution is -2.52. The van der Waals surface area contributed by atoms with Gasteiger partial charge < -0.3 is 9.47 Å². The van der Waals surface area contributed by atoms with E-state index in [0.29, 0.717) is 16.9 Å². The summed E-state index contributed by atoms with van der Waals surface area (Å²) in [5.41, 5.74) is 5.74. The Hall–Kier alpha value is -1.02. The number of hydrogen-bond acceptors (Lipinski definition) is 2. The van der Waals surface area contributed by atoms with Gasteiger partial charge in [0.2, 0.25) is 0 Å². The summed E-state index contributed by atoms with van der Waals surface area (Å²) in [6, 6.07) is 5.05. The summed E-state index contributed by atoms with van der Waals surface area (Å²) in [4.78, 5) is 0. The summed E-state index contributed by atoms with van der Waals surface area (Å²) in [5.74, 6) is 7.22. The summed E-state index contributed by atoms with van der Waals surface area (Å²) < 4.78 is 12.3. The Balaban J connectivity index is 1.30. The van der Waals surface area contributed by atoms with Crippen LogP contribution in [0.4, 0.5) is 0 Å². The molecular weight excluding hydrogens is 392 g/mol. The molecule has 1 aliphatic heterocycles. The average molecular weight is 433 g/mol. The summed E-state index contributed by atoms with van der Waals surface area (Å²) in [6.07, 6.45) is 18.2. The highest BCUT2D eigenvalue weighted by atomic mass is 16.6. The highest BCUT2D eigenvalue weighted by molar-refractivity contribution is 5.55. The van der Waals surface area contributed by atoms with Crippen molar-refractivity contribution in [1.82, 2.24) is 0 Å². The lowest BCUT2D eigenvalue weighted by atomic mass is 9.44. The van der Waals surface area contributed by atoms with Crippen LogP contribution < -0.4 is 4.74 Å². The van der Waals surface area contributed by atoms with Crippen molar-refractivity contribution in [3.63, 3.8) is 0 Å². The van der Waals surface area contributed by atoms with Gasteiger partial charge in [0.05, 0.1) is 6.61 Å². The van der Waals surface area contributed by atoms with Crippen molar-refractivity contribution in [2.75, 3.05) is 13.2 Å². The smallest absolute Gasteiger partial charge is 0.126 e. The zero-order chi connectivity index (χ0) is 21.1. The van der Waals surface area contributed by atoms with E-state index in [0.717, 1.165) is 48.7 Å². The third-order valence-corrected chi connectivity index (χ3v) is 11.3. The van der Waals surface area contributed by atoms with E-state index in [2.05, 4.69) is 19.1 Å². The molecule has 32 heavy (non-hydrogen) atoms. The first-order chi connectivity index (χ1) is 15.6. The molecule has 0 spiro atoms. The molecule has 10 rings (SSSR count). The fraction of sp³-hybridized carbons (Fsp3) is 0.800. The summed E-state index contributed by atoms with van der Waals surface area (Å²) >= 11 is 0. The zero-order valence-corrected chi connectivity index (χ0v) is 19.9. The number of benzene rings is 1. The summed E-state index contributed by atoms with van der Waals surface area (Å²) in [7, 11) is 0. The minimum Gasteiger partial charge on any atom is -0.490 e. The molecule has 0 aromatic heterocycles. The second-order valence-electron chi connectivity index (χ2n) is 13.8. The Bertz CT molecular complexity index is 870. The summed E-state index contributed by atoms with van der Waals surface area (Å²) in [5, 5.41) is 0. The van der Waals surface area contributed by atoms with Crippen LogP contribution in [0.5, 0.6) is 5.75 Å². The van der Waals surface area contributed by atoms with Gasteiger partial charge in [-0.1, -0.05) is 12.1 Å². The molecule has 1 atom stereocenters. The van der Waals surface area contributed by atoms with Gasteiger partial charge in [0.15, 0.2) is 0 Å². The van der Waals surface area contributed by atoms with Crippen LogP contribution in [0.1, 0.15) is 93.7 Å². The third kappa shape index (κ3) is 2.80. The van der Waals surface area contributed by atoms with E-state index in [-0.39, 0.29) is 0 Å². The first-order valence-corrected chi connectivity index (χ1v) is 14.0. The monoisotopic (exact) mass is 432 g/mol. The molecular formula is C30H40O2. The van der Waals surface area contributed by atoms with Gasteiger partial charge >= 0.3 is 0 Å². The Labute approximate surface area is 193 Å². The Morgan fingerprint density at radius 1 is 0.750 bits per heavy atom. The van der Waals surface area contributed by atoms with Crippen molar-refractivity contribution in [3.05, 3.63) is 28.8 Å². The molecule has 172 valence electrons. The maximum absolute atomic E-state index is 6.76. The predicted octanol–water partition coefficient (Wildman–Crippen LogP) is 6.71. The normalized spacial score (nSPS) is 49.6. The molecule has 8 saturated carbocycles. The quantitative estimate of drug-likeness (QED) is 0.482. The van der Waals surface area contributed by atoms with Gasteiger partial charge in [-0.2, -0.15) is 0 Å². The van der Waals surface area contributed by atoms with Crippen LogP contribution in [0.25, 0.3) is 0 Å². The first-order valence-electron chi connectivity index (χ1n) is 14.0. The van der Waals surface area contributed by atoms with Crippen molar-refractivity contribution in [1.29, 1.82) is 0 Å². The fourth-order valence-electron chi connectivity index (χ4n) is 11.0. The fourth-order valence-corrected chi connectivity index (χ4v) is 11.0. The molecule has 0 amide bonds. The van der Waals surface area contributed by atoms with E-state index in [1.54, 1.807) is 11.1 Å². The van der Waals surface area contributed by atoms with E-state index < -0.39 is 0 Å². The van der Waals surface area contributed by atoms with Crippen LogP contribution in [0.2, 0.25) is 0 Å². The highest BCUT2D eigenvalue weighted by Crippen LogP contribution is 2.67. The predicted molar refractivity (Wildman–Crippen MR) is 126 cm³/mol. The van der Waals surface area contributed by atoms with Gasteiger partial charge in [-0.25, -0.2) is 0 Å². The van der Waals surface area contributed by atoms with Crippen molar-refractivity contribution in [2.24, 2.45) is 35.5 Å². The lowest BCUT2D eigenvalue weighted by Gasteiger charge is -2.61. The topological polar surface area (TPSA) is 21.8 Å². The van der Waals surface area contributed by atoms with Crippen molar-refractivity contribution >= 4 is 0 Å². The molecule has 1 heterocycles. The van der Waals surface area contributed by atoms with Gasteiger partial charge in [0.25, 0.3) is 0 Å². The van der Waals surface area contributed by atoms with Crippen LogP contribution >= 0.6 is 0 Å². The van der Waals surface area contributed by atoms with Crippen molar-refractivity contribution in [2.45, 2.75) is 101 Å². The second kappa shape index (κ2) is 6.55. The minimum atomic E-state index is 0.335. The Kier molecular flexibility index (Phi) is 3.95. The molecule has 2 nitrogen and oxygen atoms in total. The number of epoxide rings is 1. The third-order valence-electron chi connectivity index (χ3n) is 11.3. The van der Waals surface area contributed by atoms with E-state index in [9.17, 15) is 0 Å². The van der Waals surface area contributed by atoms with Crippen LogP contribution in [0.15, 0.2) is 12.1 Å². The highest BCUT2D eigenvalue weighted by Gasteiger charge is 2.57. The molecule has 1 saturated heterocycles. The van der Waals surface area contributed by atoms with Gasteiger partial charge in [-0.15, -0.1) is 0 Å². The van der Waals surface area contributed by atoms with E-state index >= 15 is 0 Å². The Morgan fingerprint density at radius 2 is 1.22 bits per heavy atom. The SMILES string of the molecule is Cc1ccc(C23CC4CC(CC(C4)C2)C3)c(C23CC4CC(CC(C4)C2)C3)c1OCC1CO1. The Morgan fingerprint density at radius 3 is 1.69 bits per heavy atom. The van der Waals surface area contributed by atoms with E-state index in [1.807, 2.05) is 0 Å². The van der Waals surface area contributed by atoms with Crippen LogP contribution in [0.3, 0.4) is 0 Å². The number of hydrogen-bond donors (Lipinski definition) is 0. The van der Waals surface area contributed by atoms with Crippen LogP contribution in [0, 0.1) is 42.4 Å². The van der Waals surface area contributed by atoms with Crippen LogP contribution in [-0.2, 0) is 15.6 Å². The zero-order valence-electron chi connectivity index (χ0n) is 19.9. The molecule has 9 aliphatic rings. The molecule has 8 bridgehead atoms. The van der Waals surface area contributed by atoms with Crippen molar-refractivity contribution < 1.29 is 9.47 Å². The minimum absolute atomic E-state index is 0.335. The molecule has 2 heteroatoms.